The SMILES string of the molecule is Cc1ccc(N2CC(C)(C)OC(C)(C)C2)c(C(N)=S)c1. The van der Waals surface area contributed by atoms with Crippen LogP contribution in [0.25, 0.3) is 0 Å². The number of hydrogen-bond acceptors (Lipinski definition) is 3. The summed E-state index contributed by atoms with van der Waals surface area (Å²) < 4.78 is 6.13. The predicted octanol–water partition coefficient (Wildman–Crippen LogP) is 3.02. The number of thiocarbonyl (C=S) groups is 1. The van der Waals surface area contributed by atoms with Gasteiger partial charge in [0.2, 0.25) is 0 Å². The molecule has 0 spiro atoms. The van der Waals surface area contributed by atoms with Gasteiger partial charge in [-0.15, -0.1) is 0 Å². The Morgan fingerprint density at radius 3 is 2.25 bits per heavy atom. The summed E-state index contributed by atoms with van der Waals surface area (Å²) in [6.07, 6.45) is 0. The zero-order chi connectivity index (χ0) is 15.1. The maximum Gasteiger partial charge on any atom is 0.106 e. The van der Waals surface area contributed by atoms with Gasteiger partial charge in [0, 0.05) is 24.3 Å². The highest BCUT2D eigenvalue weighted by Gasteiger charge is 2.38. The van der Waals surface area contributed by atoms with Crippen LogP contribution in [0.15, 0.2) is 18.2 Å². The number of benzene rings is 1. The molecular formula is C16H24N2OS. The zero-order valence-corrected chi connectivity index (χ0v) is 13.8. The molecule has 2 rings (SSSR count). The van der Waals surface area contributed by atoms with Crippen LogP contribution in [0.5, 0.6) is 0 Å². The number of rotatable bonds is 2. The normalized spacial score (nSPS) is 20.8. The highest BCUT2D eigenvalue weighted by molar-refractivity contribution is 7.80. The summed E-state index contributed by atoms with van der Waals surface area (Å²) in [6.45, 7) is 12.2. The van der Waals surface area contributed by atoms with E-state index in [0.29, 0.717) is 4.99 Å². The van der Waals surface area contributed by atoms with E-state index < -0.39 is 0 Å². The van der Waals surface area contributed by atoms with Crippen LogP contribution in [0, 0.1) is 6.92 Å². The van der Waals surface area contributed by atoms with Crippen molar-refractivity contribution in [2.75, 3.05) is 18.0 Å². The highest BCUT2D eigenvalue weighted by atomic mass is 32.1. The van der Waals surface area contributed by atoms with Crippen molar-refractivity contribution in [3.63, 3.8) is 0 Å². The predicted molar refractivity (Wildman–Crippen MR) is 88.5 cm³/mol. The van der Waals surface area contributed by atoms with Gasteiger partial charge in [-0.1, -0.05) is 23.8 Å². The van der Waals surface area contributed by atoms with Gasteiger partial charge in [0.15, 0.2) is 0 Å². The Bertz CT molecular complexity index is 521. The molecule has 110 valence electrons. The summed E-state index contributed by atoms with van der Waals surface area (Å²) in [5.74, 6) is 0. The van der Waals surface area contributed by atoms with E-state index in [4.69, 9.17) is 22.7 Å². The van der Waals surface area contributed by atoms with Crippen LogP contribution in [0.3, 0.4) is 0 Å². The van der Waals surface area contributed by atoms with Crippen molar-refractivity contribution in [3.05, 3.63) is 29.3 Å². The van der Waals surface area contributed by atoms with Crippen LogP contribution in [-0.2, 0) is 4.74 Å². The number of nitrogens with zero attached hydrogens (tertiary/aromatic N) is 1. The molecule has 1 aromatic rings. The van der Waals surface area contributed by atoms with Crippen molar-refractivity contribution >= 4 is 22.9 Å². The van der Waals surface area contributed by atoms with E-state index in [2.05, 4.69) is 57.7 Å². The number of ether oxygens (including phenoxy) is 1. The van der Waals surface area contributed by atoms with E-state index in [-0.39, 0.29) is 11.2 Å². The molecule has 0 radical (unpaired) electrons. The van der Waals surface area contributed by atoms with Crippen molar-refractivity contribution in [2.24, 2.45) is 5.73 Å². The van der Waals surface area contributed by atoms with E-state index in [1.807, 2.05) is 0 Å². The van der Waals surface area contributed by atoms with E-state index in [0.717, 1.165) is 24.3 Å². The molecule has 4 heteroatoms. The largest absolute Gasteiger partial charge is 0.389 e. The molecule has 1 aliphatic heterocycles. The standard InChI is InChI=1S/C16H24N2OS/c1-11-6-7-13(12(8-11)14(17)20)18-9-15(2,3)19-16(4,5)10-18/h6-8H,9-10H2,1-5H3,(H2,17,20). The van der Waals surface area contributed by atoms with E-state index >= 15 is 0 Å². The molecule has 1 heterocycles. The number of anilines is 1. The molecule has 0 unspecified atom stereocenters. The third-order valence-electron chi connectivity index (χ3n) is 3.45. The van der Waals surface area contributed by atoms with Gasteiger partial charge in [-0.05, 0) is 46.8 Å². The van der Waals surface area contributed by atoms with Gasteiger partial charge in [0.1, 0.15) is 4.99 Å². The first kappa shape index (κ1) is 15.3. The lowest BCUT2D eigenvalue weighted by atomic mass is 9.97. The molecule has 0 aliphatic carbocycles. The smallest absolute Gasteiger partial charge is 0.106 e. The molecule has 0 atom stereocenters. The first-order chi connectivity index (χ1) is 9.10. The Morgan fingerprint density at radius 2 is 1.75 bits per heavy atom. The highest BCUT2D eigenvalue weighted by Crippen LogP contribution is 2.33. The Kier molecular flexibility index (Phi) is 3.82. The fourth-order valence-electron chi connectivity index (χ4n) is 3.08. The minimum atomic E-state index is -0.194. The summed E-state index contributed by atoms with van der Waals surface area (Å²) in [5, 5.41) is 0. The average Bonchev–Trinajstić information content (AvgIpc) is 2.24. The first-order valence-corrected chi connectivity index (χ1v) is 7.36. The Labute approximate surface area is 127 Å². The zero-order valence-electron chi connectivity index (χ0n) is 13.0. The Hall–Kier alpha value is -1.13. The molecule has 3 nitrogen and oxygen atoms in total. The lowest BCUT2D eigenvalue weighted by Crippen LogP contribution is -2.57. The van der Waals surface area contributed by atoms with E-state index in [1.165, 1.54) is 5.56 Å². The van der Waals surface area contributed by atoms with Crippen molar-refractivity contribution in [2.45, 2.75) is 45.8 Å². The fraction of sp³-hybridized carbons (Fsp3) is 0.562. The van der Waals surface area contributed by atoms with Crippen molar-refractivity contribution < 1.29 is 4.74 Å². The van der Waals surface area contributed by atoms with Gasteiger partial charge in [0.05, 0.1) is 11.2 Å². The summed E-state index contributed by atoms with van der Waals surface area (Å²) in [5.41, 5.74) is 8.74. The first-order valence-electron chi connectivity index (χ1n) is 6.95. The summed E-state index contributed by atoms with van der Waals surface area (Å²) in [6, 6.07) is 6.28. The molecule has 1 saturated heterocycles. The topological polar surface area (TPSA) is 38.5 Å². The third-order valence-corrected chi connectivity index (χ3v) is 3.67. The van der Waals surface area contributed by atoms with E-state index in [9.17, 15) is 0 Å². The quantitative estimate of drug-likeness (QED) is 0.850. The Morgan fingerprint density at radius 1 is 1.20 bits per heavy atom. The lowest BCUT2D eigenvalue weighted by Gasteiger charge is -2.48. The number of hydrogen-bond donors (Lipinski definition) is 1. The third kappa shape index (κ3) is 3.30. The minimum Gasteiger partial charge on any atom is -0.389 e. The molecule has 20 heavy (non-hydrogen) atoms. The Balaban J connectivity index is 2.43. The summed E-state index contributed by atoms with van der Waals surface area (Å²) in [7, 11) is 0. The average molecular weight is 292 g/mol. The molecule has 2 N–H and O–H groups in total. The molecule has 0 aromatic heterocycles. The summed E-state index contributed by atoms with van der Waals surface area (Å²) in [4.78, 5) is 2.78. The minimum absolute atomic E-state index is 0.194. The summed E-state index contributed by atoms with van der Waals surface area (Å²) >= 11 is 5.21. The number of nitrogens with two attached hydrogens (primary N) is 1. The fourth-order valence-corrected chi connectivity index (χ4v) is 3.24. The van der Waals surface area contributed by atoms with Crippen LogP contribution in [0.1, 0.15) is 38.8 Å². The molecule has 1 fully saturated rings. The maximum absolute atomic E-state index is 6.13. The monoisotopic (exact) mass is 292 g/mol. The van der Waals surface area contributed by atoms with E-state index in [1.54, 1.807) is 0 Å². The van der Waals surface area contributed by atoms with Crippen molar-refractivity contribution in [3.8, 4) is 0 Å². The molecule has 1 aromatic carbocycles. The number of morpholine rings is 1. The second-order valence-electron chi connectivity index (χ2n) is 6.86. The van der Waals surface area contributed by atoms with Crippen LogP contribution in [-0.4, -0.2) is 29.3 Å². The van der Waals surface area contributed by atoms with Gasteiger partial charge in [-0.2, -0.15) is 0 Å². The van der Waals surface area contributed by atoms with Crippen LogP contribution in [0.4, 0.5) is 5.69 Å². The van der Waals surface area contributed by atoms with Gasteiger partial charge >= 0.3 is 0 Å². The second-order valence-corrected chi connectivity index (χ2v) is 7.30. The van der Waals surface area contributed by atoms with Crippen LogP contribution in [0.2, 0.25) is 0 Å². The van der Waals surface area contributed by atoms with Crippen LogP contribution < -0.4 is 10.6 Å². The molecule has 0 bridgehead atoms. The van der Waals surface area contributed by atoms with Gasteiger partial charge in [0.25, 0.3) is 0 Å². The molecule has 1 aliphatic rings. The van der Waals surface area contributed by atoms with Gasteiger partial charge in [-0.25, -0.2) is 0 Å². The second kappa shape index (κ2) is 5.01. The van der Waals surface area contributed by atoms with Gasteiger partial charge < -0.3 is 15.4 Å². The van der Waals surface area contributed by atoms with Crippen molar-refractivity contribution in [1.82, 2.24) is 0 Å². The molecule has 0 amide bonds. The number of aryl methyl sites for hydroxylation is 1. The molecule has 0 saturated carbocycles. The van der Waals surface area contributed by atoms with Crippen molar-refractivity contribution in [1.29, 1.82) is 0 Å². The van der Waals surface area contributed by atoms with Gasteiger partial charge in [-0.3, -0.25) is 0 Å². The maximum atomic E-state index is 6.13. The van der Waals surface area contributed by atoms with Crippen LogP contribution >= 0.6 is 12.2 Å². The molecular weight excluding hydrogens is 268 g/mol. The lowest BCUT2D eigenvalue weighted by molar-refractivity contribution is -0.133.